The summed E-state index contributed by atoms with van der Waals surface area (Å²) < 4.78 is 15.6. The topological polar surface area (TPSA) is 38.1 Å². The first kappa shape index (κ1) is 12.4. The Morgan fingerprint density at radius 3 is 2.55 bits per heavy atom. The maximum Gasteiger partial charge on any atom is 0.128 e. The van der Waals surface area contributed by atoms with E-state index < -0.39 is 0 Å². The van der Waals surface area contributed by atoms with Crippen molar-refractivity contribution in [3.05, 3.63) is 72.4 Å². The third-order valence-electron chi connectivity index (χ3n) is 3.17. The minimum Gasteiger partial charge on any atom is -0.508 e. The Labute approximate surface area is 116 Å². The number of rotatable bonds is 3. The molecule has 0 spiro atoms. The molecule has 0 atom stereocenters. The van der Waals surface area contributed by atoms with E-state index in [1.165, 1.54) is 6.07 Å². The highest BCUT2D eigenvalue weighted by Crippen LogP contribution is 2.22. The summed E-state index contributed by atoms with van der Waals surface area (Å²) in [6.45, 7) is 0.420. The van der Waals surface area contributed by atoms with E-state index in [9.17, 15) is 9.50 Å². The second-order valence-corrected chi connectivity index (χ2v) is 4.55. The van der Waals surface area contributed by atoms with Gasteiger partial charge in [0.05, 0.1) is 24.8 Å². The molecule has 0 aliphatic heterocycles. The van der Waals surface area contributed by atoms with Crippen molar-refractivity contribution in [3.63, 3.8) is 0 Å². The number of phenolic OH excluding ortho intramolecular Hbond substituents is 1. The number of benzene rings is 2. The van der Waals surface area contributed by atoms with Crippen molar-refractivity contribution in [2.45, 2.75) is 6.54 Å². The molecule has 0 unspecified atom stereocenters. The standard InChI is InChI=1S/C16H13FN2O/c17-15-4-2-1-3-13(15)10-19-11-18-9-16(19)12-5-7-14(20)8-6-12/h1-9,11,20H,10H2. The molecule has 0 bridgehead atoms. The molecule has 1 aromatic heterocycles. The zero-order chi connectivity index (χ0) is 13.9. The van der Waals surface area contributed by atoms with Gasteiger partial charge in [-0.05, 0) is 30.3 Å². The van der Waals surface area contributed by atoms with Crippen LogP contribution < -0.4 is 0 Å². The molecule has 0 aliphatic rings. The van der Waals surface area contributed by atoms with E-state index in [0.717, 1.165) is 11.3 Å². The first-order chi connectivity index (χ1) is 9.74. The molecule has 2 aromatic carbocycles. The van der Waals surface area contributed by atoms with Gasteiger partial charge >= 0.3 is 0 Å². The first-order valence-corrected chi connectivity index (χ1v) is 6.27. The lowest BCUT2D eigenvalue weighted by molar-refractivity contribution is 0.475. The summed E-state index contributed by atoms with van der Waals surface area (Å²) in [5.74, 6) is -0.00762. The maximum atomic E-state index is 13.7. The lowest BCUT2D eigenvalue weighted by Gasteiger charge is -2.09. The zero-order valence-electron chi connectivity index (χ0n) is 10.7. The number of hydrogen-bond acceptors (Lipinski definition) is 2. The molecule has 1 N–H and O–H groups in total. The van der Waals surface area contributed by atoms with Gasteiger partial charge in [0.2, 0.25) is 0 Å². The maximum absolute atomic E-state index is 13.7. The Bertz CT molecular complexity index is 719. The highest BCUT2D eigenvalue weighted by molar-refractivity contribution is 5.60. The Balaban J connectivity index is 1.95. The molecule has 4 heteroatoms. The summed E-state index contributed by atoms with van der Waals surface area (Å²) in [5, 5.41) is 9.32. The van der Waals surface area contributed by atoms with Crippen LogP contribution in [0.2, 0.25) is 0 Å². The van der Waals surface area contributed by atoms with E-state index in [-0.39, 0.29) is 11.6 Å². The van der Waals surface area contributed by atoms with Gasteiger partial charge in [-0.2, -0.15) is 0 Å². The van der Waals surface area contributed by atoms with Crippen LogP contribution in [0.1, 0.15) is 5.56 Å². The van der Waals surface area contributed by atoms with Gasteiger partial charge in [-0.3, -0.25) is 0 Å². The number of imidazole rings is 1. The van der Waals surface area contributed by atoms with Crippen molar-refractivity contribution in [1.29, 1.82) is 0 Å². The number of halogens is 1. The van der Waals surface area contributed by atoms with Crippen LogP contribution in [-0.2, 0) is 6.54 Å². The summed E-state index contributed by atoms with van der Waals surface area (Å²) in [7, 11) is 0. The van der Waals surface area contributed by atoms with Gasteiger partial charge in [0.1, 0.15) is 11.6 Å². The van der Waals surface area contributed by atoms with Gasteiger partial charge in [0.25, 0.3) is 0 Å². The van der Waals surface area contributed by atoms with Crippen molar-refractivity contribution < 1.29 is 9.50 Å². The number of hydrogen-bond donors (Lipinski definition) is 1. The lowest BCUT2D eigenvalue weighted by Crippen LogP contribution is -2.02. The van der Waals surface area contributed by atoms with Crippen molar-refractivity contribution in [2.24, 2.45) is 0 Å². The van der Waals surface area contributed by atoms with Crippen molar-refractivity contribution in [3.8, 4) is 17.0 Å². The molecule has 100 valence electrons. The molecular formula is C16H13FN2O. The highest BCUT2D eigenvalue weighted by atomic mass is 19.1. The minimum absolute atomic E-state index is 0.217. The molecule has 0 amide bonds. The smallest absolute Gasteiger partial charge is 0.128 e. The van der Waals surface area contributed by atoms with Gasteiger partial charge in [-0.15, -0.1) is 0 Å². The largest absolute Gasteiger partial charge is 0.508 e. The predicted molar refractivity (Wildman–Crippen MR) is 74.8 cm³/mol. The molecule has 0 fully saturated rings. The zero-order valence-corrected chi connectivity index (χ0v) is 10.7. The summed E-state index contributed by atoms with van der Waals surface area (Å²) >= 11 is 0. The fraction of sp³-hybridized carbons (Fsp3) is 0.0625. The van der Waals surface area contributed by atoms with Crippen LogP contribution in [-0.4, -0.2) is 14.7 Å². The third kappa shape index (κ3) is 2.40. The predicted octanol–water partition coefficient (Wildman–Crippen LogP) is 3.44. The van der Waals surface area contributed by atoms with Gasteiger partial charge in [-0.1, -0.05) is 18.2 Å². The number of phenols is 1. The summed E-state index contributed by atoms with van der Waals surface area (Å²) in [4.78, 5) is 4.12. The highest BCUT2D eigenvalue weighted by Gasteiger charge is 2.08. The minimum atomic E-state index is -0.224. The SMILES string of the molecule is Oc1ccc(-c2cncn2Cc2ccccc2F)cc1. The Morgan fingerprint density at radius 1 is 1.05 bits per heavy atom. The molecule has 3 rings (SSSR count). The average Bonchev–Trinajstić information content (AvgIpc) is 2.90. The van der Waals surface area contributed by atoms with E-state index in [4.69, 9.17) is 0 Å². The van der Waals surface area contributed by atoms with Gasteiger partial charge in [0.15, 0.2) is 0 Å². The van der Waals surface area contributed by atoms with Gasteiger partial charge in [-0.25, -0.2) is 9.37 Å². The fourth-order valence-electron chi connectivity index (χ4n) is 2.13. The Kier molecular flexibility index (Phi) is 3.21. The lowest BCUT2D eigenvalue weighted by atomic mass is 10.1. The molecule has 3 nitrogen and oxygen atoms in total. The van der Waals surface area contributed by atoms with E-state index in [1.54, 1.807) is 36.8 Å². The van der Waals surface area contributed by atoms with E-state index in [1.807, 2.05) is 22.8 Å². The van der Waals surface area contributed by atoms with E-state index in [2.05, 4.69) is 4.98 Å². The van der Waals surface area contributed by atoms with Crippen LogP contribution in [0.4, 0.5) is 4.39 Å². The van der Waals surface area contributed by atoms with Crippen LogP contribution in [0.25, 0.3) is 11.3 Å². The molecule has 0 saturated heterocycles. The summed E-state index contributed by atoms with van der Waals surface area (Å²) in [6.07, 6.45) is 3.40. The summed E-state index contributed by atoms with van der Waals surface area (Å²) in [6, 6.07) is 13.6. The monoisotopic (exact) mass is 268 g/mol. The van der Waals surface area contributed by atoms with Crippen LogP contribution in [0.5, 0.6) is 5.75 Å². The van der Waals surface area contributed by atoms with Crippen molar-refractivity contribution in [2.75, 3.05) is 0 Å². The van der Waals surface area contributed by atoms with Crippen LogP contribution in [0.15, 0.2) is 61.1 Å². The second kappa shape index (κ2) is 5.17. The molecular weight excluding hydrogens is 255 g/mol. The van der Waals surface area contributed by atoms with E-state index in [0.29, 0.717) is 12.1 Å². The molecule has 0 saturated carbocycles. The fourth-order valence-corrected chi connectivity index (χ4v) is 2.13. The Morgan fingerprint density at radius 2 is 1.80 bits per heavy atom. The quantitative estimate of drug-likeness (QED) is 0.790. The molecule has 20 heavy (non-hydrogen) atoms. The average molecular weight is 268 g/mol. The van der Waals surface area contributed by atoms with Crippen LogP contribution in [0.3, 0.4) is 0 Å². The molecule has 1 heterocycles. The second-order valence-electron chi connectivity index (χ2n) is 4.55. The van der Waals surface area contributed by atoms with Gasteiger partial charge in [0, 0.05) is 11.1 Å². The number of nitrogens with zero attached hydrogens (tertiary/aromatic N) is 2. The molecule has 0 radical (unpaired) electrons. The van der Waals surface area contributed by atoms with Crippen molar-refractivity contribution in [1.82, 2.24) is 9.55 Å². The van der Waals surface area contributed by atoms with Gasteiger partial charge < -0.3 is 9.67 Å². The Hall–Kier alpha value is -2.62. The number of aromatic hydroxyl groups is 1. The van der Waals surface area contributed by atoms with Crippen LogP contribution >= 0.6 is 0 Å². The molecule has 3 aromatic rings. The molecule has 0 aliphatic carbocycles. The number of aromatic nitrogens is 2. The van der Waals surface area contributed by atoms with E-state index >= 15 is 0 Å². The first-order valence-electron chi connectivity index (χ1n) is 6.27. The third-order valence-corrected chi connectivity index (χ3v) is 3.17. The van der Waals surface area contributed by atoms with Crippen LogP contribution in [0, 0.1) is 5.82 Å². The normalized spacial score (nSPS) is 10.7. The summed E-state index contributed by atoms with van der Waals surface area (Å²) in [5.41, 5.74) is 2.43. The van der Waals surface area contributed by atoms with Crippen molar-refractivity contribution >= 4 is 0 Å².